The third-order valence-electron chi connectivity index (χ3n) is 6.25. The zero-order valence-corrected chi connectivity index (χ0v) is 20.5. The molecular weight excluding hydrogens is 484 g/mol. The molecule has 38 heavy (non-hydrogen) atoms. The van der Waals surface area contributed by atoms with Crippen LogP contribution in [-0.2, 0) is 0 Å². The van der Waals surface area contributed by atoms with Crippen molar-refractivity contribution in [3.63, 3.8) is 0 Å². The van der Waals surface area contributed by atoms with Gasteiger partial charge in [0.1, 0.15) is 11.1 Å². The number of furan rings is 1. The summed E-state index contributed by atoms with van der Waals surface area (Å²) < 4.78 is 8.54. The predicted octanol–water partition coefficient (Wildman–Crippen LogP) is 5.08. The summed E-state index contributed by atoms with van der Waals surface area (Å²) in [6.07, 6.45) is 6.51. The Bertz CT molecular complexity index is 1780. The zero-order valence-electron chi connectivity index (χ0n) is 20.5. The highest BCUT2D eigenvalue weighted by Gasteiger charge is 2.29. The van der Waals surface area contributed by atoms with Gasteiger partial charge in [-0.05, 0) is 56.3 Å². The van der Waals surface area contributed by atoms with Crippen molar-refractivity contribution in [2.24, 2.45) is 0 Å². The summed E-state index contributed by atoms with van der Waals surface area (Å²) in [5.41, 5.74) is 4.00. The predicted molar refractivity (Wildman–Crippen MR) is 141 cm³/mol. The second-order valence-electron chi connectivity index (χ2n) is 9.06. The third kappa shape index (κ3) is 3.97. The van der Waals surface area contributed by atoms with E-state index in [1.165, 1.54) is 15.8 Å². The number of benzene rings is 2. The summed E-state index contributed by atoms with van der Waals surface area (Å²) in [7, 11) is 0. The Morgan fingerprint density at radius 3 is 2.58 bits per heavy atom. The first-order valence-electron chi connectivity index (χ1n) is 11.9. The number of aromatic nitrogens is 5. The first-order chi connectivity index (χ1) is 18.4. The highest BCUT2D eigenvalue weighted by atomic mass is 16.4. The maximum absolute atomic E-state index is 13.6. The molecular formula is C28H22N6O4. The van der Waals surface area contributed by atoms with Gasteiger partial charge in [-0.1, -0.05) is 12.1 Å². The molecule has 6 rings (SSSR count). The lowest BCUT2D eigenvalue weighted by Crippen LogP contribution is -2.38. The molecule has 0 aliphatic carbocycles. The van der Waals surface area contributed by atoms with Gasteiger partial charge in [0.25, 0.3) is 5.91 Å². The molecule has 10 nitrogen and oxygen atoms in total. The molecule has 0 fully saturated rings. The number of nitrogens with zero attached hydrogens (tertiary/aromatic N) is 6. The number of carboxylic acid groups (broad SMARTS) is 1. The fraction of sp³-hybridized carbons (Fsp3) is 0.107. The summed E-state index contributed by atoms with van der Waals surface area (Å²) in [5.74, 6) is -1.46. The lowest BCUT2D eigenvalue weighted by atomic mass is 10.1. The van der Waals surface area contributed by atoms with Crippen LogP contribution in [0.15, 0.2) is 89.9 Å². The molecule has 0 radical (unpaired) electrons. The highest BCUT2D eigenvalue weighted by molar-refractivity contribution is 6.10. The first-order valence-corrected chi connectivity index (χ1v) is 11.9. The Morgan fingerprint density at radius 2 is 1.84 bits per heavy atom. The van der Waals surface area contributed by atoms with E-state index in [9.17, 15) is 14.7 Å². The molecule has 0 spiro atoms. The van der Waals surface area contributed by atoms with Crippen LogP contribution in [-0.4, -0.2) is 47.4 Å². The molecule has 0 saturated carbocycles. The van der Waals surface area contributed by atoms with Crippen LogP contribution < -0.4 is 4.90 Å². The average Bonchev–Trinajstić information content (AvgIpc) is 3.66. The number of carbonyl (C=O) groups excluding carboxylic acids is 1. The van der Waals surface area contributed by atoms with Crippen LogP contribution in [0.1, 0.15) is 34.6 Å². The summed E-state index contributed by atoms with van der Waals surface area (Å²) >= 11 is 0. The molecule has 10 heteroatoms. The number of hydrogen-bond acceptors (Lipinski definition) is 6. The minimum absolute atomic E-state index is 0.0697. The summed E-state index contributed by atoms with van der Waals surface area (Å²) in [4.78, 5) is 31.5. The smallest absolute Gasteiger partial charge is 0.341 e. The van der Waals surface area contributed by atoms with E-state index in [1.807, 2.05) is 56.4 Å². The van der Waals surface area contributed by atoms with E-state index in [2.05, 4.69) is 15.2 Å². The van der Waals surface area contributed by atoms with Gasteiger partial charge >= 0.3 is 5.97 Å². The number of carboxylic acids is 1. The number of fused-ring (bicyclic) bond motifs is 2. The van der Waals surface area contributed by atoms with E-state index >= 15 is 0 Å². The molecule has 0 unspecified atom stereocenters. The first kappa shape index (κ1) is 23.2. The van der Waals surface area contributed by atoms with Crippen LogP contribution >= 0.6 is 0 Å². The van der Waals surface area contributed by atoms with Gasteiger partial charge in [0.15, 0.2) is 11.5 Å². The van der Waals surface area contributed by atoms with E-state index in [1.54, 1.807) is 41.2 Å². The molecule has 2 aromatic carbocycles. The molecule has 0 bridgehead atoms. The van der Waals surface area contributed by atoms with E-state index in [0.717, 1.165) is 22.3 Å². The molecule has 0 aliphatic heterocycles. The second-order valence-corrected chi connectivity index (χ2v) is 9.06. The maximum Gasteiger partial charge on any atom is 0.341 e. The molecule has 0 aliphatic rings. The number of amides is 1. The van der Waals surface area contributed by atoms with Crippen molar-refractivity contribution in [3.05, 3.63) is 96.6 Å². The van der Waals surface area contributed by atoms with Crippen molar-refractivity contribution >= 4 is 34.3 Å². The molecule has 6 aromatic rings. The summed E-state index contributed by atoms with van der Waals surface area (Å²) in [6, 6.07) is 17.6. The quantitative estimate of drug-likeness (QED) is 0.334. The van der Waals surface area contributed by atoms with Gasteiger partial charge < -0.3 is 9.52 Å². The zero-order chi connectivity index (χ0) is 26.4. The van der Waals surface area contributed by atoms with E-state index < -0.39 is 5.97 Å². The standard InChI is InChI=1S/C28H22N6O4/c1-17(2)34(27(35)20-6-9-24-19(14-20)10-13-38-24)26-22(28(36)37)16-33(31-26)21-7-4-18(5-8-21)23-15-25-29-11-3-12-32(25)30-23/h3-17H,1-2H3,(H,36,37). The van der Waals surface area contributed by atoms with Crippen LogP contribution in [0.3, 0.4) is 0 Å². The highest BCUT2D eigenvalue weighted by Crippen LogP contribution is 2.27. The van der Waals surface area contributed by atoms with Crippen molar-refractivity contribution in [3.8, 4) is 16.9 Å². The molecule has 1 amide bonds. The minimum atomic E-state index is -1.18. The van der Waals surface area contributed by atoms with Crippen molar-refractivity contribution in [1.29, 1.82) is 0 Å². The lowest BCUT2D eigenvalue weighted by Gasteiger charge is -2.25. The Kier molecular flexibility index (Phi) is 5.49. The van der Waals surface area contributed by atoms with Crippen LogP contribution in [0.4, 0.5) is 5.82 Å². The molecule has 0 saturated heterocycles. The monoisotopic (exact) mass is 506 g/mol. The fourth-order valence-corrected chi connectivity index (χ4v) is 4.40. The fourth-order valence-electron chi connectivity index (χ4n) is 4.40. The average molecular weight is 507 g/mol. The van der Waals surface area contributed by atoms with Gasteiger partial charge in [-0.3, -0.25) is 9.69 Å². The number of aromatic carboxylic acids is 1. The van der Waals surface area contributed by atoms with Crippen molar-refractivity contribution in [2.75, 3.05) is 4.90 Å². The maximum atomic E-state index is 13.6. The molecule has 4 aromatic heterocycles. The summed E-state index contributed by atoms with van der Waals surface area (Å²) in [5, 5.41) is 19.8. The van der Waals surface area contributed by atoms with E-state index in [-0.39, 0.29) is 23.3 Å². The molecule has 0 atom stereocenters. The number of carbonyl (C=O) groups is 2. The summed E-state index contributed by atoms with van der Waals surface area (Å²) in [6.45, 7) is 3.63. The Labute approximate surface area is 216 Å². The Balaban J connectivity index is 1.36. The number of rotatable bonds is 6. The number of anilines is 1. The van der Waals surface area contributed by atoms with Crippen LogP contribution in [0, 0.1) is 0 Å². The topological polar surface area (TPSA) is 119 Å². The number of hydrogen-bond donors (Lipinski definition) is 1. The lowest BCUT2D eigenvalue weighted by molar-refractivity contribution is 0.0697. The van der Waals surface area contributed by atoms with Crippen LogP contribution in [0.5, 0.6) is 0 Å². The van der Waals surface area contributed by atoms with Gasteiger partial charge in [-0.25, -0.2) is 19.0 Å². The van der Waals surface area contributed by atoms with Gasteiger partial charge in [0.05, 0.1) is 17.6 Å². The molecule has 4 heterocycles. The third-order valence-corrected chi connectivity index (χ3v) is 6.25. The Morgan fingerprint density at radius 1 is 1.03 bits per heavy atom. The second kappa shape index (κ2) is 9.00. The van der Waals surface area contributed by atoms with Crippen molar-refractivity contribution in [1.82, 2.24) is 24.4 Å². The molecule has 1 N–H and O–H groups in total. The Hall–Kier alpha value is -5.25. The van der Waals surface area contributed by atoms with Crippen molar-refractivity contribution < 1.29 is 19.1 Å². The van der Waals surface area contributed by atoms with Gasteiger partial charge in [0.2, 0.25) is 0 Å². The van der Waals surface area contributed by atoms with Gasteiger partial charge in [-0.2, -0.15) is 5.10 Å². The van der Waals surface area contributed by atoms with Crippen LogP contribution in [0.25, 0.3) is 33.6 Å². The minimum Gasteiger partial charge on any atom is -0.477 e. The van der Waals surface area contributed by atoms with E-state index in [0.29, 0.717) is 16.8 Å². The SMILES string of the molecule is CC(C)N(C(=O)c1ccc2occc2c1)c1nn(-c2ccc(-c3cc4ncccn4n3)cc2)cc1C(=O)O. The van der Waals surface area contributed by atoms with Gasteiger partial charge in [0, 0.05) is 47.2 Å². The van der Waals surface area contributed by atoms with Gasteiger partial charge in [-0.15, -0.1) is 5.10 Å². The normalized spacial score (nSPS) is 11.4. The van der Waals surface area contributed by atoms with E-state index in [4.69, 9.17) is 4.42 Å². The molecule has 188 valence electrons. The van der Waals surface area contributed by atoms with Crippen molar-refractivity contribution in [2.45, 2.75) is 19.9 Å². The largest absolute Gasteiger partial charge is 0.477 e. The van der Waals surface area contributed by atoms with Crippen LogP contribution in [0.2, 0.25) is 0 Å².